The Morgan fingerprint density at radius 3 is 2.64 bits per heavy atom. The predicted molar refractivity (Wildman–Crippen MR) is 143 cm³/mol. The van der Waals surface area contributed by atoms with Crippen LogP contribution in [0.2, 0.25) is 0 Å². The third-order valence-corrected chi connectivity index (χ3v) is 9.45. The Morgan fingerprint density at radius 1 is 1.14 bits per heavy atom. The topological polar surface area (TPSA) is 146 Å². The number of hydrogen-bond acceptors (Lipinski definition) is 10. The van der Waals surface area contributed by atoms with Gasteiger partial charge in [0.05, 0.1) is 19.3 Å². The van der Waals surface area contributed by atoms with Crippen molar-refractivity contribution in [3.8, 4) is 11.6 Å². The zero-order chi connectivity index (χ0) is 29.7. The lowest BCUT2D eigenvalue weighted by Crippen LogP contribution is -2.69. The van der Waals surface area contributed by atoms with Crippen LogP contribution in [0.1, 0.15) is 32.1 Å². The Kier molecular flexibility index (Phi) is 9.22. The second-order valence-electron chi connectivity index (χ2n) is 10.2. The lowest BCUT2D eigenvalue weighted by molar-refractivity contribution is -0.204. The van der Waals surface area contributed by atoms with Crippen LogP contribution in [0.3, 0.4) is 0 Å². The maximum Gasteiger partial charge on any atom is 0.409 e. The molecule has 2 amide bonds. The summed E-state index contributed by atoms with van der Waals surface area (Å²) >= 11 is 0. The number of likely N-dealkylation sites (tertiary alicyclic amines) is 1. The van der Waals surface area contributed by atoms with Crippen molar-refractivity contribution in [1.29, 1.82) is 0 Å². The van der Waals surface area contributed by atoms with Crippen molar-refractivity contribution in [3.05, 3.63) is 48.4 Å². The fourth-order valence-electron chi connectivity index (χ4n) is 5.42. The van der Waals surface area contributed by atoms with E-state index in [0.29, 0.717) is 25.2 Å². The third kappa shape index (κ3) is 6.34. The van der Waals surface area contributed by atoms with E-state index in [1.54, 1.807) is 0 Å². The van der Waals surface area contributed by atoms with Crippen LogP contribution in [0.15, 0.2) is 47.5 Å². The molecule has 3 aliphatic heterocycles. The van der Waals surface area contributed by atoms with E-state index >= 15 is 0 Å². The molecule has 15 heteroatoms. The van der Waals surface area contributed by atoms with Gasteiger partial charge in [0, 0.05) is 38.8 Å². The molecule has 3 unspecified atom stereocenters. The summed E-state index contributed by atoms with van der Waals surface area (Å²) in [4.78, 5) is 37.4. The molecule has 3 atom stereocenters. The fourth-order valence-corrected chi connectivity index (χ4v) is 7.33. The lowest BCUT2D eigenvalue weighted by atomic mass is 9.96. The molecule has 42 heavy (non-hydrogen) atoms. The molecule has 5 rings (SSSR count). The molecule has 0 saturated carbocycles. The van der Waals surface area contributed by atoms with E-state index in [2.05, 4.69) is 10.5 Å². The standard InChI is InChI=1S/C27H33FN4O9S/c1-37-14-15-39-26(34)31-17-20-11-12-27(18-31,25(33)30-41-24-4-2-3-13-38-24)32(20)42(35,36)22-9-10-23(29-16-22)40-21-7-5-19(28)6-8-21/h5-10,16,20,24H,2-4,11-15,17-18H2,1H3,(H,30,33). The number of hydrogen-bond donors (Lipinski definition) is 1. The smallest absolute Gasteiger partial charge is 0.409 e. The van der Waals surface area contributed by atoms with E-state index in [1.807, 2.05) is 0 Å². The van der Waals surface area contributed by atoms with E-state index in [1.165, 1.54) is 48.4 Å². The van der Waals surface area contributed by atoms with Crippen LogP contribution in [0, 0.1) is 5.82 Å². The maximum absolute atomic E-state index is 14.1. The van der Waals surface area contributed by atoms with Gasteiger partial charge in [0.1, 0.15) is 28.6 Å². The number of amides is 2. The van der Waals surface area contributed by atoms with Crippen LogP contribution in [0.4, 0.5) is 9.18 Å². The summed E-state index contributed by atoms with van der Waals surface area (Å²) in [5, 5.41) is 0. The van der Waals surface area contributed by atoms with Gasteiger partial charge in [0.2, 0.25) is 15.9 Å². The van der Waals surface area contributed by atoms with Gasteiger partial charge in [-0.3, -0.25) is 4.79 Å². The zero-order valence-corrected chi connectivity index (χ0v) is 23.9. The number of rotatable bonds is 10. The van der Waals surface area contributed by atoms with Crippen LogP contribution >= 0.6 is 0 Å². The summed E-state index contributed by atoms with van der Waals surface area (Å²) in [5.74, 6) is -0.713. The van der Waals surface area contributed by atoms with Crippen LogP contribution in [0.5, 0.6) is 11.6 Å². The molecule has 3 fully saturated rings. The molecule has 0 aliphatic carbocycles. The van der Waals surface area contributed by atoms with Gasteiger partial charge in [0.25, 0.3) is 5.91 Å². The first-order chi connectivity index (χ1) is 20.2. The largest absolute Gasteiger partial charge is 0.447 e. The van der Waals surface area contributed by atoms with E-state index in [4.69, 9.17) is 23.8 Å². The average Bonchev–Trinajstić information content (AvgIpc) is 3.26. The molecule has 228 valence electrons. The highest BCUT2D eigenvalue weighted by molar-refractivity contribution is 7.89. The molecule has 2 bridgehead atoms. The molecule has 1 aromatic heterocycles. The van der Waals surface area contributed by atoms with E-state index in [-0.39, 0.29) is 43.5 Å². The van der Waals surface area contributed by atoms with Crippen molar-refractivity contribution in [2.24, 2.45) is 0 Å². The van der Waals surface area contributed by atoms with Crippen LogP contribution in [-0.4, -0.2) is 92.5 Å². The highest BCUT2D eigenvalue weighted by Crippen LogP contribution is 2.43. The monoisotopic (exact) mass is 608 g/mol. The SMILES string of the molecule is COCCOC(=O)N1CC2CCC(C(=O)NOC3CCCCO3)(C1)N2S(=O)(=O)c1ccc(Oc2ccc(F)cc2)nc1. The molecular formula is C27H33FN4O9S. The molecule has 1 N–H and O–H groups in total. The lowest BCUT2D eigenvalue weighted by Gasteiger charge is -2.46. The van der Waals surface area contributed by atoms with Crippen molar-refractivity contribution in [2.45, 2.75) is 54.9 Å². The summed E-state index contributed by atoms with van der Waals surface area (Å²) < 4.78 is 63.8. The molecule has 3 saturated heterocycles. The molecule has 0 radical (unpaired) electrons. The number of ether oxygens (including phenoxy) is 4. The summed E-state index contributed by atoms with van der Waals surface area (Å²) in [7, 11) is -2.81. The van der Waals surface area contributed by atoms with Gasteiger partial charge in [-0.25, -0.2) is 32.9 Å². The van der Waals surface area contributed by atoms with Gasteiger partial charge < -0.3 is 23.8 Å². The Bertz CT molecular complexity index is 1360. The van der Waals surface area contributed by atoms with E-state index in [0.717, 1.165) is 23.3 Å². The number of hydroxylamine groups is 1. The van der Waals surface area contributed by atoms with Crippen molar-refractivity contribution < 1.29 is 46.2 Å². The number of sulfonamides is 1. The summed E-state index contributed by atoms with van der Waals surface area (Å²) in [6.45, 7) is 0.486. The fraction of sp³-hybridized carbons (Fsp3) is 0.519. The number of nitrogens with zero attached hydrogens (tertiary/aromatic N) is 3. The van der Waals surface area contributed by atoms with Crippen LogP contribution in [-0.2, 0) is 33.9 Å². The number of pyridine rings is 1. The van der Waals surface area contributed by atoms with Crippen LogP contribution < -0.4 is 10.2 Å². The molecule has 0 spiro atoms. The first-order valence-electron chi connectivity index (χ1n) is 13.7. The number of methoxy groups -OCH3 is 1. The van der Waals surface area contributed by atoms with Gasteiger partial charge >= 0.3 is 6.09 Å². The van der Waals surface area contributed by atoms with Gasteiger partial charge in [-0.05, 0) is 56.0 Å². The minimum atomic E-state index is -4.29. The number of nitrogens with one attached hydrogen (secondary N) is 1. The molecular weight excluding hydrogens is 575 g/mol. The number of carbonyl (C=O) groups is 2. The zero-order valence-electron chi connectivity index (χ0n) is 23.1. The Balaban J connectivity index is 1.38. The second-order valence-corrected chi connectivity index (χ2v) is 12.1. The third-order valence-electron chi connectivity index (χ3n) is 7.45. The number of aromatic nitrogens is 1. The van der Waals surface area contributed by atoms with Crippen molar-refractivity contribution in [3.63, 3.8) is 0 Å². The number of halogens is 1. The minimum Gasteiger partial charge on any atom is -0.447 e. The number of piperazine rings is 1. The first-order valence-corrected chi connectivity index (χ1v) is 15.1. The quantitative estimate of drug-likeness (QED) is 0.316. The average molecular weight is 609 g/mol. The van der Waals surface area contributed by atoms with E-state index in [9.17, 15) is 22.4 Å². The first kappa shape index (κ1) is 30.1. The number of benzene rings is 1. The Morgan fingerprint density at radius 2 is 1.95 bits per heavy atom. The van der Waals surface area contributed by atoms with Gasteiger partial charge in [-0.15, -0.1) is 0 Å². The molecule has 13 nitrogen and oxygen atoms in total. The Labute approximate surface area is 242 Å². The van der Waals surface area contributed by atoms with Gasteiger partial charge in [0.15, 0.2) is 6.29 Å². The normalized spacial score (nSPS) is 24.3. The molecule has 2 aromatic rings. The van der Waals surface area contributed by atoms with Crippen molar-refractivity contribution in [2.75, 3.05) is 40.0 Å². The van der Waals surface area contributed by atoms with Crippen molar-refractivity contribution in [1.82, 2.24) is 19.7 Å². The Hall–Kier alpha value is -3.37. The number of fused-ring (bicyclic) bond motifs is 2. The van der Waals surface area contributed by atoms with Crippen LogP contribution in [0.25, 0.3) is 0 Å². The predicted octanol–water partition coefficient (Wildman–Crippen LogP) is 2.58. The molecule has 3 aliphatic rings. The number of carbonyl (C=O) groups excluding carboxylic acids is 2. The summed E-state index contributed by atoms with van der Waals surface area (Å²) in [6, 6.07) is 7.29. The highest BCUT2D eigenvalue weighted by Gasteiger charge is 2.62. The van der Waals surface area contributed by atoms with E-state index < -0.39 is 45.7 Å². The second kappa shape index (κ2) is 12.9. The van der Waals surface area contributed by atoms with Gasteiger partial charge in [-0.2, -0.15) is 4.31 Å². The molecule has 4 heterocycles. The maximum atomic E-state index is 14.1. The highest BCUT2D eigenvalue weighted by atomic mass is 32.2. The summed E-state index contributed by atoms with van der Waals surface area (Å²) in [5.41, 5.74) is 0.748. The van der Waals surface area contributed by atoms with Gasteiger partial charge in [-0.1, -0.05) is 0 Å². The molecule has 1 aromatic carbocycles. The summed E-state index contributed by atoms with van der Waals surface area (Å²) in [6.07, 6.45) is 2.61. The van der Waals surface area contributed by atoms with Crippen molar-refractivity contribution >= 4 is 22.0 Å². The minimum absolute atomic E-state index is 0.0118.